The summed E-state index contributed by atoms with van der Waals surface area (Å²) in [6.07, 6.45) is 0. The van der Waals surface area contributed by atoms with Crippen LogP contribution in [0.5, 0.6) is 0 Å². The Morgan fingerprint density at radius 2 is 1.92 bits per heavy atom. The number of halogens is 1. The molecule has 0 amide bonds. The van der Waals surface area contributed by atoms with Crippen molar-refractivity contribution in [3.63, 3.8) is 0 Å². The minimum absolute atomic E-state index is 0.114. The van der Waals surface area contributed by atoms with E-state index < -0.39 is 4.92 Å². The molecule has 0 bridgehead atoms. The topological polar surface area (TPSA) is 80.5 Å². The van der Waals surface area contributed by atoms with Crippen molar-refractivity contribution in [2.24, 2.45) is 0 Å². The summed E-state index contributed by atoms with van der Waals surface area (Å²) in [5, 5.41) is 14.2. The number of nitrogens with zero attached hydrogens (tertiary/aromatic N) is 3. The molecule has 0 spiro atoms. The third-order valence-electron chi connectivity index (χ3n) is 3.76. The number of hydrogen-bond acceptors (Lipinski definition) is 6. The molecular formula is C16H17ClN4O3. The zero-order chi connectivity index (χ0) is 16.9. The zero-order valence-electron chi connectivity index (χ0n) is 12.9. The van der Waals surface area contributed by atoms with Crippen molar-refractivity contribution in [3.8, 4) is 0 Å². The van der Waals surface area contributed by atoms with Crippen LogP contribution in [0.2, 0.25) is 5.15 Å². The number of nitro groups is 1. The highest BCUT2D eigenvalue weighted by molar-refractivity contribution is 6.29. The van der Waals surface area contributed by atoms with Gasteiger partial charge < -0.3 is 10.1 Å². The lowest BCUT2D eigenvalue weighted by Crippen LogP contribution is -2.35. The largest absolute Gasteiger partial charge is 0.379 e. The number of anilines is 2. The Bertz CT molecular complexity index is 718. The van der Waals surface area contributed by atoms with Gasteiger partial charge in [0.15, 0.2) is 0 Å². The fraction of sp³-hybridized carbons (Fsp3) is 0.312. The minimum atomic E-state index is -0.488. The summed E-state index contributed by atoms with van der Waals surface area (Å²) in [6, 6.07) is 10.5. The molecule has 24 heavy (non-hydrogen) atoms. The molecule has 2 heterocycles. The van der Waals surface area contributed by atoms with Crippen LogP contribution in [0.3, 0.4) is 0 Å². The van der Waals surface area contributed by atoms with Gasteiger partial charge in [0, 0.05) is 31.4 Å². The Morgan fingerprint density at radius 3 is 2.58 bits per heavy atom. The molecule has 126 valence electrons. The van der Waals surface area contributed by atoms with Crippen LogP contribution in [0.15, 0.2) is 36.4 Å². The average Bonchev–Trinajstić information content (AvgIpc) is 2.57. The van der Waals surface area contributed by atoms with Gasteiger partial charge in [-0.1, -0.05) is 23.7 Å². The van der Waals surface area contributed by atoms with Crippen LogP contribution in [0.4, 0.5) is 17.2 Å². The molecule has 1 N–H and O–H groups in total. The molecular weight excluding hydrogens is 332 g/mol. The summed E-state index contributed by atoms with van der Waals surface area (Å²) in [7, 11) is 0. The minimum Gasteiger partial charge on any atom is -0.379 e. The smallest absolute Gasteiger partial charge is 0.311 e. The zero-order valence-corrected chi connectivity index (χ0v) is 13.7. The number of ether oxygens (including phenoxy) is 1. The van der Waals surface area contributed by atoms with Crippen LogP contribution in [0.25, 0.3) is 0 Å². The maximum atomic E-state index is 11.1. The summed E-state index contributed by atoms with van der Waals surface area (Å²) < 4.78 is 5.34. The molecule has 1 fully saturated rings. The van der Waals surface area contributed by atoms with Gasteiger partial charge in [0.2, 0.25) is 5.82 Å². The molecule has 1 aromatic carbocycles. The predicted molar refractivity (Wildman–Crippen MR) is 91.7 cm³/mol. The lowest BCUT2D eigenvalue weighted by molar-refractivity contribution is -0.384. The summed E-state index contributed by atoms with van der Waals surface area (Å²) in [5.74, 6) is 0.133. The first-order chi connectivity index (χ1) is 11.6. The molecule has 7 nitrogen and oxygen atoms in total. The van der Waals surface area contributed by atoms with Crippen molar-refractivity contribution in [2.45, 2.75) is 6.54 Å². The second kappa shape index (κ2) is 7.57. The van der Waals surface area contributed by atoms with Gasteiger partial charge in [-0.3, -0.25) is 15.0 Å². The van der Waals surface area contributed by atoms with Gasteiger partial charge in [-0.15, -0.1) is 0 Å². The van der Waals surface area contributed by atoms with E-state index in [2.05, 4.69) is 15.2 Å². The van der Waals surface area contributed by atoms with Gasteiger partial charge in [-0.05, 0) is 23.8 Å². The molecule has 3 rings (SSSR count). The second-order valence-electron chi connectivity index (χ2n) is 5.47. The number of nitrogens with one attached hydrogen (secondary N) is 1. The second-order valence-corrected chi connectivity index (χ2v) is 5.86. The average molecular weight is 349 g/mol. The Hall–Kier alpha value is -2.22. The van der Waals surface area contributed by atoms with E-state index in [9.17, 15) is 10.1 Å². The van der Waals surface area contributed by atoms with E-state index >= 15 is 0 Å². The van der Waals surface area contributed by atoms with Crippen molar-refractivity contribution < 1.29 is 9.66 Å². The molecule has 0 saturated carbocycles. The summed E-state index contributed by atoms with van der Waals surface area (Å²) in [6.45, 7) is 4.25. The van der Waals surface area contributed by atoms with Gasteiger partial charge in [-0.25, -0.2) is 4.98 Å². The molecule has 0 radical (unpaired) electrons. The predicted octanol–water partition coefficient (Wildman–Crippen LogP) is 3.22. The molecule has 0 atom stereocenters. The van der Waals surface area contributed by atoms with Crippen molar-refractivity contribution in [2.75, 3.05) is 31.6 Å². The third kappa shape index (κ3) is 4.19. The van der Waals surface area contributed by atoms with E-state index in [1.165, 1.54) is 17.7 Å². The molecule has 1 saturated heterocycles. The highest BCUT2D eigenvalue weighted by Crippen LogP contribution is 2.27. The van der Waals surface area contributed by atoms with Gasteiger partial charge in [0.25, 0.3) is 0 Å². The number of aromatic nitrogens is 1. The van der Waals surface area contributed by atoms with Crippen LogP contribution in [-0.4, -0.2) is 41.1 Å². The lowest BCUT2D eigenvalue weighted by Gasteiger charge is -2.26. The monoisotopic (exact) mass is 348 g/mol. The van der Waals surface area contributed by atoms with Gasteiger partial charge in [-0.2, -0.15) is 0 Å². The first-order valence-corrected chi connectivity index (χ1v) is 7.96. The fourth-order valence-corrected chi connectivity index (χ4v) is 2.66. The lowest BCUT2D eigenvalue weighted by atomic mass is 10.2. The number of benzene rings is 1. The standard InChI is InChI=1S/C16H17ClN4O3/c17-15-6-5-14(21(22)23)16(19-15)18-13-3-1-12(2-4-13)11-20-7-9-24-10-8-20/h1-6H,7-11H2,(H,18,19). The van der Waals surface area contributed by atoms with Crippen molar-refractivity contribution in [1.82, 2.24) is 9.88 Å². The first kappa shape index (κ1) is 16.6. The maximum absolute atomic E-state index is 11.1. The van der Waals surface area contributed by atoms with Crippen LogP contribution in [0, 0.1) is 10.1 Å². The third-order valence-corrected chi connectivity index (χ3v) is 3.97. The molecule has 1 aliphatic heterocycles. The highest BCUT2D eigenvalue weighted by atomic mass is 35.5. The van der Waals surface area contributed by atoms with E-state index in [4.69, 9.17) is 16.3 Å². The molecule has 0 aliphatic carbocycles. The summed E-state index contributed by atoms with van der Waals surface area (Å²) in [5.41, 5.74) is 1.78. The SMILES string of the molecule is O=[N+]([O-])c1ccc(Cl)nc1Nc1ccc(CN2CCOCC2)cc1. The van der Waals surface area contributed by atoms with Gasteiger partial charge in [0.05, 0.1) is 18.1 Å². The fourth-order valence-electron chi connectivity index (χ4n) is 2.51. The molecule has 8 heteroatoms. The van der Waals surface area contributed by atoms with Crippen molar-refractivity contribution >= 4 is 28.8 Å². The molecule has 1 aliphatic rings. The molecule has 0 unspecified atom stereocenters. The normalized spacial score (nSPS) is 15.2. The van der Waals surface area contributed by atoms with Crippen molar-refractivity contribution in [3.05, 3.63) is 57.2 Å². The number of pyridine rings is 1. The quantitative estimate of drug-likeness (QED) is 0.507. The Labute approximate surface area is 144 Å². The Kier molecular flexibility index (Phi) is 5.24. The van der Waals surface area contributed by atoms with E-state index in [-0.39, 0.29) is 16.7 Å². The summed E-state index contributed by atoms with van der Waals surface area (Å²) in [4.78, 5) is 16.9. The number of hydrogen-bond donors (Lipinski definition) is 1. The van der Waals surface area contributed by atoms with E-state index in [0.717, 1.165) is 38.5 Å². The van der Waals surface area contributed by atoms with Crippen LogP contribution in [-0.2, 0) is 11.3 Å². The molecule has 1 aromatic heterocycles. The Morgan fingerprint density at radius 1 is 1.21 bits per heavy atom. The van der Waals surface area contributed by atoms with Crippen molar-refractivity contribution in [1.29, 1.82) is 0 Å². The number of morpholine rings is 1. The highest BCUT2D eigenvalue weighted by Gasteiger charge is 2.16. The van der Waals surface area contributed by atoms with Crippen LogP contribution >= 0.6 is 11.6 Å². The van der Waals surface area contributed by atoms with Crippen LogP contribution < -0.4 is 5.32 Å². The maximum Gasteiger partial charge on any atom is 0.311 e. The van der Waals surface area contributed by atoms with Gasteiger partial charge >= 0.3 is 5.69 Å². The summed E-state index contributed by atoms with van der Waals surface area (Å²) >= 11 is 5.83. The van der Waals surface area contributed by atoms with E-state index in [0.29, 0.717) is 0 Å². The van der Waals surface area contributed by atoms with E-state index in [1.807, 2.05) is 24.3 Å². The number of rotatable bonds is 5. The Balaban J connectivity index is 1.70. The molecule has 2 aromatic rings. The van der Waals surface area contributed by atoms with Gasteiger partial charge in [0.1, 0.15) is 5.15 Å². The van der Waals surface area contributed by atoms with Crippen LogP contribution in [0.1, 0.15) is 5.56 Å². The van der Waals surface area contributed by atoms with E-state index in [1.54, 1.807) is 0 Å². The first-order valence-electron chi connectivity index (χ1n) is 7.59.